The first-order chi connectivity index (χ1) is 26.1. The van der Waals surface area contributed by atoms with Gasteiger partial charge in [0.05, 0.1) is 33.9 Å². The molecular formula is C26H19N5O19S6. The fraction of sp³-hybridized carbons (Fsp3) is 0. The normalized spacial score (nSPS) is 13.1. The minimum Gasteiger partial charge on any atom is -0.505 e. The third kappa shape index (κ3) is 9.05. The van der Waals surface area contributed by atoms with E-state index < -0.39 is 109 Å². The number of nitrogen functional groups attached to an aromatic ring is 1. The number of rotatable bonds is 14. The van der Waals surface area contributed by atoms with Crippen LogP contribution in [0.25, 0.3) is 21.5 Å². The molecule has 0 aliphatic carbocycles. The maximum Gasteiger partial charge on any atom is 0.297 e. The van der Waals surface area contributed by atoms with Crippen molar-refractivity contribution in [3.63, 3.8) is 0 Å². The molecule has 0 radical (unpaired) electrons. The van der Waals surface area contributed by atoms with Crippen LogP contribution in [0.4, 0.5) is 28.4 Å². The molecule has 0 unspecified atom stereocenters. The lowest BCUT2D eigenvalue weighted by atomic mass is 10.1. The van der Waals surface area contributed by atoms with Gasteiger partial charge in [0, 0.05) is 21.8 Å². The molecule has 298 valence electrons. The Morgan fingerprint density at radius 2 is 1.16 bits per heavy atom. The SMILES string of the molecule is Nc1ccc(SOOO)c(N=Nc2c(S(=O)(=O)O)cc3cc(SOOO)c(N=Nc4ccc5c(S(=O)(=O)O)cccc5c4S(=O)(=O)O)c(S(=O)(=O)O)c3c2O)c1. The molecule has 0 aliphatic heterocycles. The summed E-state index contributed by atoms with van der Waals surface area (Å²) in [5, 5.41) is 48.1. The molecule has 0 saturated heterocycles. The van der Waals surface area contributed by atoms with Gasteiger partial charge in [0.25, 0.3) is 40.5 Å². The first-order valence-corrected chi connectivity index (χ1v) is 21.2. The van der Waals surface area contributed by atoms with Gasteiger partial charge in [-0.2, -0.15) is 33.7 Å². The number of anilines is 1. The summed E-state index contributed by atoms with van der Waals surface area (Å²) < 4.78 is 149. The van der Waals surface area contributed by atoms with Crippen molar-refractivity contribution in [3.8, 4) is 5.75 Å². The molecule has 24 nitrogen and oxygen atoms in total. The average Bonchev–Trinajstić information content (AvgIpc) is 3.09. The van der Waals surface area contributed by atoms with E-state index in [1.807, 2.05) is 0 Å². The van der Waals surface area contributed by atoms with Crippen LogP contribution in [0.15, 0.2) is 110 Å². The summed E-state index contributed by atoms with van der Waals surface area (Å²) in [5.41, 5.74) is 2.57. The van der Waals surface area contributed by atoms with Gasteiger partial charge in [-0.1, -0.05) is 28.3 Å². The molecule has 5 rings (SSSR count). The molecule has 0 fully saturated rings. The molecule has 56 heavy (non-hydrogen) atoms. The first kappa shape index (κ1) is 42.7. The van der Waals surface area contributed by atoms with Crippen molar-refractivity contribution < 1.29 is 86.2 Å². The number of phenols is 1. The van der Waals surface area contributed by atoms with Crippen LogP contribution in [-0.2, 0) is 59.2 Å². The Morgan fingerprint density at radius 1 is 0.571 bits per heavy atom. The number of hydrogen-bond acceptors (Lipinski definition) is 22. The molecule has 0 amide bonds. The van der Waals surface area contributed by atoms with E-state index in [9.17, 15) is 57.0 Å². The van der Waals surface area contributed by atoms with E-state index in [1.54, 1.807) is 0 Å². The Morgan fingerprint density at radius 3 is 1.75 bits per heavy atom. The largest absolute Gasteiger partial charge is 0.505 e. The van der Waals surface area contributed by atoms with Crippen LogP contribution in [0.3, 0.4) is 0 Å². The van der Waals surface area contributed by atoms with Crippen molar-refractivity contribution >= 4 is 115 Å². The summed E-state index contributed by atoms with van der Waals surface area (Å²) in [7, 11) is -21.4. The number of azo groups is 2. The summed E-state index contributed by atoms with van der Waals surface area (Å²) in [4.78, 5) is -5.16. The Labute approximate surface area is 321 Å². The Bertz CT molecular complexity index is 2930. The van der Waals surface area contributed by atoms with E-state index in [0.29, 0.717) is 18.1 Å². The molecule has 0 bridgehead atoms. The van der Waals surface area contributed by atoms with E-state index in [0.717, 1.165) is 42.5 Å². The summed E-state index contributed by atoms with van der Waals surface area (Å²) in [6.07, 6.45) is 0. The Hall–Kier alpha value is -4.48. The highest BCUT2D eigenvalue weighted by molar-refractivity contribution is 7.95. The van der Waals surface area contributed by atoms with Crippen molar-refractivity contribution in [2.24, 2.45) is 20.5 Å². The highest BCUT2D eigenvalue weighted by Gasteiger charge is 2.32. The number of nitrogens with two attached hydrogens (primary N) is 1. The fourth-order valence-corrected chi connectivity index (χ4v) is 9.05. The van der Waals surface area contributed by atoms with E-state index in [2.05, 4.69) is 39.2 Å². The lowest BCUT2D eigenvalue weighted by Crippen LogP contribution is -2.04. The van der Waals surface area contributed by atoms with E-state index >= 15 is 0 Å². The van der Waals surface area contributed by atoms with Crippen LogP contribution in [-0.4, -0.2) is 67.5 Å². The molecule has 0 aromatic heterocycles. The number of fused-ring (bicyclic) bond motifs is 2. The number of benzene rings is 5. The van der Waals surface area contributed by atoms with E-state index in [-0.39, 0.29) is 28.3 Å². The smallest absolute Gasteiger partial charge is 0.297 e. The maximum atomic E-state index is 13.1. The Kier molecular flexibility index (Phi) is 12.3. The lowest BCUT2D eigenvalue weighted by molar-refractivity contribution is -0.432. The number of hydrogen-bond donors (Lipinski definition) is 8. The average molecular weight is 898 g/mol. The summed E-state index contributed by atoms with van der Waals surface area (Å²) >= 11 is 0.283. The molecule has 0 spiro atoms. The predicted octanol–water partition coefficient (Wildman–Crippen LogP) is 5.96. The second kappa shape index (κ2) is 16.2. The molecule has 30 heteroatoms. The molecule has 0 atom stereocenters. The van der Waals surface area contributed by atoms with Crippen molar-refractivity contribution in [2.45, 2.75) is 29.4 Å². The number of aromatic hydroxyl groups is 1. The van der Waals surface area contributed by atoms with Gasteiger partial charge >= 0.3 is 0 Å². The summed E-state index contributed by atoms with van der Waals surface area (Å²) in [6, 6.07) is 9.77. The number of nitrogens with zero attached hydrogens (tertiary/aromatic N) is 4. The summed E-state index contributed by atoms with van der Waals surface area (Å²) in [5.74, 6) is -1.41. The minimum atomic E-state index is -5.69. The zero-order valence-corrected chi connectivity index (χ0v) is 31.5. The number of phenolic OH excluding ortho intramolecular Hbond substituents is 1. The second-order valence-electron chi connectivity index (χ2n) is 10.5. The predicted molar refractivity (Wildman–Crippen MR) is 189 cm³/mol. The second-order valence-corrected chi connectivity index (χ2v) is 17.4. The molecule has 0 aliphatic rings. The van der Waals surface area contributed by atoms with Gasteiger partial charge in [-0.05, 0) is 47.9 Å². The van der Waals surface area contributed by atoms with E-state index in [1.165, 1.54) is 12.1 Å². The van der Waals surface area contributed by atoms with Gasteiger partial charge in [0.2, 0.25) is 0 Å². The zero-order chi connectivity index (χ0) is 41.4. The van der Waals surface area contributed by atoms with Gasteiger partial charge in [0.1, 0.15) is 42.3 Å². The van der Waals surface area contributed by atoms with Crippen LogP contribution in [0.5, 0.6) is 5.75 Å². The fourth-order valence-electron chi connectivity index (χ4n) is 5.01. The first-order valence-electron chi connectivity index (χ1n) is 13.9. The van der Waals surface area contributed by atoms with Crippen molar-refractivity contribution in [1.29, 1.82) is 0 Å². The van der Waals surface area contributed by atoms with Gasteiger partial charge in [-0.3, -0.25) is 18.2 Å². The standard InChI is InChI=1S/C26H19N5O19S6/c27-12-4-7-17(51-49-47-33)16(10-12)29-31-23-20(54(38,39)40)9-11-8-18(52-50-48-34)22(26(56(44,45)46)21(11)24(23)32)30-28-15-6-5-13-14(25(15)55(41,42)43)2-1-3-19(13)53(35,36)37/h1-10,32-34H,27H2,(H,35,36,37)(H,38,39,40)(H,41,42,43)(H,44,45,46). The topological polar surface area (TPSA) is 391 Å². The minimum absolute atomic E-state index is 0.00642. The molecule has 5 aromatic rings. The molecule has 5 aromatic carbocycles. The molecule has 9 N–H and O–H groups in total. The van der Waals surface area contributed by atoms with Gasteiger partial charge < -0.3 is 10.8 Å². The van der Waals surface area contributed by atoms with E-state index in [4.69, 9.17) is 16.2 Å². The van der Waals surface area contributed by atoms with Gasteiger partial charge in [0.15, 0.2) is 5.75 Å². The van der Waals surface area contributed by atoms with Crippen molar-refractivity contribution in [2.75, 3.05) is 5.73 Å². The van der Waals surface area contributed by atoms with Crippen LogP contribution in [0.2, 0.25) is 0 Å². The quantitative estimate of drug-likeness (QED) is 0.0159. The third-order valence-corrected chi connectivity index (χ3v) is 12.0. The van der Waals surface area contributed by atoms with Crippen LogP contribution < -0.4 is 5.73 Å². The maximum absolute atomic E-state index is 13.1. The van der Waals surface area contributed by atoms with Crippen LogP contribution in [0, 0.1) is 0 Å². The van der Waals surface area contributed by atoms with Crippen LogP contribution in [0.1, 0.15) is 0 Å². The molecule has 0 saturated carbocycles. The zero-order valence-electron chi connectivity index (χ0n) is 26.6. The monoisotopic (exact) mass is 897 g/mol. The Balaban J connectivity index is 1.87. The van der Waals surface area contributed by atoms with Gasteiger partial charge in [-0.25, -0.2) is 10.5 Å². The highest BCUT2D eigenvalue weighted by atomic mass is 32.2. The van der Waals surface area contributed by atoms with Crippen molar-refractivity contribution in [3.05, 3.63) is 60.7 Å². The van der Waals surface area contributed by atoms with Crippen molar-refractivity contribution in [1.82, 2.24) is 0 Å². The highest BCUT2D eigenvalue weighted by Crippen LogP contribution is 2.50. The van der Waals surface area contributed by atoms with Gasteiger partial charge in [-0.15, -0.1) is 29.1 Å². The van der Waals surface area contributed by atoms with Crippen LogP contribution >= 0.6 is 24.1 Å². The molecule has 0 heterocycles. The third-order valence-electron chi connectivity index (χ3n) is 7.06. The lowest BCUT2D eigenvalue weighted by Gasteiger charge is -2.15. The summed E-state index contributed by atoms with van der Waals surface area (Å²) in [6.45, 7) is 0. The molecular weight excluding hydrogens is 879 g/mol.